The summed E-state index contributed by atoms with van der Waals surface area (Å²) in [5.41, 5.74) is 3.41. The fourth-order valence-corrected chi connectivity index (χ4v) is 4.70. The number of para-hydroxylation sites is 1. The number of carbonyl (C=O) groups is 3. The maximum atomic E-state index is 13.6. The summed E-state index contributed by atoms with van der Waals surface area (Å²) >= 11 is 0. The highest BCUT2D eigenvalue weighted by atomic mass is 16.2. The first kappa shape index (κ1) is 20.9. The minimum absolute atomic E-state index is 0.0923. The fraction of sp³-hybridized carbons (Fsp3) is 0.222. The van der Waals surface area contributed by atoms with Crippen LogP contribution in [0, 0.1) is 0 Å². The highest BCUT2D eigenvalue weighted by Crippen LogP contribution is 2.33. The van der Waals surface area contributed by atoms with Crippen LogP contribution in [-0.2, 0) is 17.9 Å². The molecule has 0 aromatic heterocycles. The van der Waals surface area contributed by atoms with Crippen LogP contribution in [0.3, 0.4) is 0 Å². The van der Waals surface area contributed by atoms with E-state index in [9.17, 15) is 14.4 Å². The SMILES string of the molecule is O=C(NCc1ccccc1)c1ccccc1CN1C(=O)C2CCCN2C(=O)c2ccccc21. The molecule has 1 unspecified atom stereocenters. The number of fused-ring (bicyclic) bond motifs is 2. The van der Waals surface area contributed by atoms with E-state index in [0.29, 0.717) is 36.3 Å². The average molecular weight is 440 g/mol. The van der Waals surface area contributed by atoms with E-state index in [-0.39, 0.29) is 24.3 Å². The lowest BCUT2D eigenvalue weighted by atomic mass is 10.0. The van der Waals surface area contributed by atoms with Crippen molar-refractivity contribution in [2.24, 2.45) is 0 Å². The summed E-state index contributed by atoms with van der Waals surface area (Å²) in [6, 6.07) is 23.8. The zero-order valence-corrected chi connectivity index (χ0v) is 18.2. The lowest BCUT2D eigenvalue weighted by Crippen LogP contribution is -2.44. The van der Waals surface area contributed by atoms with Crippen LogP contribution in [0.4, 0.5) is 5.69 Å². The molecule has 6 nitrogen and oxygen atoms in total. The Hall–Kier alpha value is -3.93. The number of carbonyl (C=O) groups excluding carboxylic acids is 3. The molecular formula is C27H25N3O3. The quantitative estimate of drug-likeness (QED) is 0.658. The van der Waals surface area contributed by atoms with Crippen molar-refractivity contribution in [2.75, 3.05) is 11.4 Å². The van der Waals surface area contributed by atoms with E-state index in [4.69, 9.17) is 0 Å². The Kier molecular flexibility index (Phi) is 5.65. The van der Waals surface area contributed by atoms with Crippen molar-refractivity contribution < 1.29 is 14.4 Å². The number of amides is 3. The number of nitrogens with zero attached hydrogens (tertiary/aromatic N) is 2. The third kappa shape index (κ3) is 4.00. The van der Waals surface area contributed by atoms with Gasteiger partial charge in [0, 0.05) is 18.7 Å². The molecule has 33 heavy (non-hydrogen) atoms. The van der Waals surface area contributed by atoms with Gasteiger partial charge >= 0.3 is 0 Å². The van der Waals surface area contributed by atoms with E-state index in [0.717, 1.165) is 17.5 Å². The minimum Gasteiger partial charge on any atom is -0.348 e. The van der Waals surface area contributed by atoms with Gasteiger partial charge in [-0.15, -0.1) is 0 Å². The maximum Gasteiger partial charge on any atom is 0.256 e. The first-order valence-corrected chi connectivity index (χ1v) is 11.2. The summed E-state index contributed by atoms with van der Waals surface area (Å²) in [5.74, 6) is -0.383. The maximum absolute atomic E-state index is 13.6. The third-order valence-corrected chi connectivity index (χ3v) is 6.38. The normalized spacial score (nSPS) is 17.4. The monoisotopic (exact) mass is 439 g/mol. The molecule has 166 valence electrons. The van der Waals surface area contributed by atoms with Gasteiger partial charge in [-0.1, -0.05) is 60.7 Å². The van der Waals surface area contributed by atoms with Crippen molar-refractivity contribution in [3.63, 3.8) is 0 Å². The second-order valence-corrected chi connectivity index (χ2v) is 8.42. The molecule has 3 aromatic carbocycles. The summed E-state index contributed by atoms with van der Waals surface area (Å²) in [6.45, 7) is 1.24. The highest BCUT2D eigenvalue weighted by Gasteiger charge is 2.42. The van der Waals surface area contributed by atoms with Crippen molar-refractivity contribution in [2.45, 2.75) is 32.0 Å². The van der Waals surface area contributed by atoms with Gasteiger partial charge < -0.3 is 15.1 Å². The highest BCUT2D eigenvalue weighted by molar-refractivity contribution is 6.11. The number of nitrogens with one attached hydrogen (secondary N) is 1. The van der Waals surface area contributed by atoms with E-state index in [1.807, 2.05) is 66.7 Å². The van der Waals surface area contributed by atoms with Gasteiger partial charge in [-0.3, -0.25) is 14.4 Å². The lowest BCUT2D eigenvalue weighted by Gasteiger charge is -2.26. The molecule has 3 aromatic rings. The Morgan fingerprint density at radius 1 is 0.909 bits per heavy atom. The van der Waals surface area contributed by atoms with Crippen LogP contribution in [0.15, 0.2) is 78.9 Å². The second-order valence-electron chi connectivity index (χ2n) is 8.42. The van der Waals surface area contributed by atoms with Gasteiger partial charge in [-0.05, 0) is 42.2 Å². The topological polar surface area (TPSA) is 69.7 Å². The number of rotatable bonds is 5. The van der Waals surface area contributed by atoms with E-state index >= 15 is 0 Å². The average Bonchev–Trinajstić information content (AvgIpc) is 3.33. The third-order valence-electron chi connectivity index (χ3n) is 6.38. The van der Waals surface area contributed by atoms with E-state index in [1.165, 1.54) is 0 Å². The Balaban J connectivity index is 1.45. The summed E-state index contributed by atoms with van der Waals surface area (Å²) in [4.78, 5) is 43.1. The molecule has 1 N–H and O–H groups in total. The smallest absolute Gasteiger partial charge is 0.256 e. The zero-order valence-electron chi connectivity index (χ0n) is 18.2. The number of hydrogen-bond acceptors (Lipinski definition) is 3. The van der Waals surface area contributed by atoms with Gasteiger partial charge in [-0.25, -0.2) is 0 Å². The second kappa shape index (κ2) is 8.90. The molecule has 1 saturated heterocycles. The lowest BCUT2D eigenvalue weighted by molar-refractivity contribution is -0.122. The summed E-state index contributed by atoms with van der Waals surface area (Å²) in [5, 5.41) is 2.97. The minimum atomic E-state index is -0.455. The van der Waals surface area contributed by atoms with Crippen LogP contribution in [0.25, 0.3) is 0 Å². The molecule has 3 amide bonds. The molecule has 1 atom stereocenters. The van der Waals surface area contributed by atoms with Crippen LogP contribution < -0.4 is 10.2 Å². The zero-order chi connectivity index (χ0) is 22.8. The van der Waals surface area contributed by atoms with Crippen LogP contribution >= 0.6 is 0 Å². The first-order valence-electron chi connectivity index (χ1n) is 11.2. The molecule has 1 fully saturated rings. The van der Waals surface area contributed by atoms with Crippen molar-refractivity contribution in [3.8, 4) is 0 Å². The molecule has 5 rings (SSSR count). The van der Waals surface area contributed by atoms with Crippen molar-refractivity contribution in [1.82, 2.24) is 10.2 Å². The van der Waals surface area contributed by atoms with Crippen LogP contribution in [0.2, 0.25) is 0 Å². The molecule has 2 heterocycles. The Morgan fingerprint density at radius 3 is 2.48 bits per heavy atom. The van der Waals surface area contributed by atoms with E-state index in [1.54, 1.807) is 21.9 Å². The van der Waals surface area contributed by atoms with Crippen LogP contribution in [-0.4, -0.2) is 35.2 Å². The molecule has 0 radical (unpaired) electrons. The van der Waals surface area contributed by atoms with Crippen molar-refractivity contribution >= 4 is 23.4 Å². The predicted molar refractivity (Wildman–Crippen MR) is 126 cm³/mol. The molecule has 0 aliphatic carbocycles. The summed E-state index contributed by atoms with van der Waals surface area (Å²) in [6.07, 6.45) is 1.48. The first-order chi connectivity index (χ1) is 16.1. The molecular weight excluding hydrogens is 414 g/mol. The Labute approximate surface area is 192 Å². The molecule has 2 aliphatic heterocycles. The Bertz CT molecular complexity index is 1210. The van der Waals surface area contributed by atoms with Crippen LogP contribution in [0.1, 0.15) is 44.7 Å². The fourth-order valence-electron chi connectivity index (χ4n) is 4.70. The van der Waals surface area contributed by atoms with Crippen LogP contribution in [0.5, 0.6) is 0 Å². The van der Waals surface area contributed by atoms with E-state index < -0.39 is 6.04 Å². The van der Waals surface area contributed by atoms with Gasteiger partial charge in [0.1, 0.15) is 6.04 Å². The summed E-state index contributed by atoms with van der Waals surface area (Å²) in [7, 11) is 0. The van der Waals surface area contributed by atoms with Gasteiger partial charge in [0.25, 0.3) is 11.8 Å². The number of benzene rings is 3. The largest absolute Gasteiger partial charge is 0.348 e. The van der Waals surface area contributed by atoms with Gasteiger partial charge in [-0.2, -0.15) is 0 Å². The Morgan fingerprint density at radius 2 is 1.64 bits per heavy atom. The molecule has 0 bridgehead atoms. The molecule has 6 heteroatoms. The number of anilines is 1. The van der Waals surface area contributed by atoms with Gasteiger partial charge in [0.15, 0.2) is 0 Å². The number of hydrogen-bond donors (Lipinski definition) is 1. The molecule has 0 spiro atoms. The van der Waals surface area contributed by atoms with E-state index in [2.05, 4.69) is 5.32 Å². The molecule has 0 saturated carbocycles. The summed E-state index contributed by atoms with van der Waals surface area (Å²) < 4.78 is 0. The van der Waals surface area contributed by atoms with Crippen molar-refractivity contribution in [3.05, 3.63) is 101 Å². The predicted octanol–water partition coefficient (Wildman–Crippen LogP) is 3.77. The van der Waals surface area contributed by atoms with Gasteiger partial charge in [0.05, 0.1) is 17.8 Å². The van der Waals surface area contributed by atoms with Crippen molar-refractivity contribution in [1.29, 1.82) is 0 Å². The standard InChI is InChI=1S/C27H25N3O3/c31-25(28-17-19-9-2-1-3-10-19)21-12-5-4-11-20(21)18-30-23-14-7-6-13-22(23)26(32)29-16-8-15-24(29)27(30)33/h1-7,9-14,24H,8,15-18H2,(H,28,31). The molecule has 2 aliphatic rings. The van der Waals surface area contributed by atoms with Gasteiger partial charge in [0.2, 0.25) is 5.91 Å².